The number of hydrogen-bond acceptors (Lipinski definition) is 5. The van der Waals surface area contributed by atoms with Crippen molar-refractivity contribution >= 4 is 11.6 Å². The predicted octanol–water partition coefficient (Wildman–Crippen LogP) is 2.75. The lowest BCUT2D eigenvalue weighted by Gasteiger charge is -2.38. The average molecular weight is 387 g/mol. The van der Waals surface area contributed by atoms with E-state index in [-0.39, 0.29) is 16.7 Å². The van der Waals surface area contributed by atoms with Crippen LogP contribution in [0.3, 0.4) is 0 Å². The number of ether oxygens (including phenoxy) is 1. The van der Waals surface area contributed by atoms with Crippen LogP contribution >= 0.6 is 0 Å². The van der Waals surface area contributed by atoms with Crippen LogP contribution in [0.25, 0.3) is 0 Å². The number of halogens is 3. The van der Waals surface area contributed by atoms with Gasteiger partial charge in [-0.1, -0.05) is 0 Å². The third-order valence-electron chi connectivity index (χ3n) is 5.24. The molecule has 0 unspecified atom stereocenters. The molecule has 1 spiro atoms. The highest BCUT2D eigenvalue weighted by Gasteiger charge is 2.39. The lowest BCUT2D eigenvalue weighted by molar-refractivity contribution is -0.385. The molecule has 0 atom stereocenters. The fourth-order valence-electron chi connectivity index (χ4n) is 3.68. The van der Waals surface area contributed by atoms with Gasteiger partial charge in [-0.2, -0.15) is 13.2 Å². The maximum atomic E-state index is 12.8. The highest BCUT2D eigenvalue weighted by Crippen LogP contribution is 2.38. The Labute approximate surface area is 153 Å². The summed E-state index contributed by atoms with van der Waals surface area (Å²) in [7, 11) is 0. The van der Waals surface area contributed by atoms with E-state index in [4.69, 9.17) is 0 Å². The maximum Gasteiger partial charge on any atom is 0.422 e. The Balaban J connectivity index is 1.76. The van der Waals surface area contributed by atoms with Gasteiger partial charge in [-0.3, -0.25) is 14.9 Å². The second-order valence-corrected chi connectivity index (χ2v) is 7.06. The van der Waals surface area contributed by atoms with Gasteiger partial charge in [-0.15, -0.1) is 0 Å². The molecule has 148 valence electrons. The van der Waals surface area contributed by atoms with Crippen molar-refractivity contribution < 1.29 is 27.6 Å². The molecule has 7 nitrogen and oxygen atoms in total. The number of nitro benzene ring substituents is 1. The number of piperidine rings is 1. The van der Waals surface area contributed by atoms with E-state index in [0.29, 0.717) is 13.1 Å². The molecule has 1 N–H and O–H groups in total. The molecular weight excluding hydrogens is 367 g/mol. The molecule has 0 saturated carbocycles. The molecule has 1 aromatic rings. The molecular formula is C17H20F3N3O4. The molecule has 2 fully saturated rings. The molecule has 1 aromatic carbocycles. The molecule has 3 rings (SSSR count). The monoisotopic (exact) mass is 387 g/mol. The third kappa shape index (κ3) is 4.49. The first kappa shape index (κ1) is 19.4. The first-order chi connectivity index (χ1) is 12.7. The second kappa shape index (κ2) is 7.34. The zero-order valence-electron chi connectivity index (χ0n) is 14.6. The van der Waals surface area contributed by atoms with Crippen LogP contribution in [0.2, 0.25) is 0 Å². The molecule has 2 aliphatic heterocycles. The van der Waals surface area contributed by atoms with Crippen molar-refractivity contribution in [2.45, 2.75) is 25.4 Å². The van der Waals surface area contributed by atoms with Crippen LogP contribution < -0.4 is 10.1 Å². The number of nitro groups is 1. The van der Waals surface area contributed by atoms with Crippen LogP contribution in [-0.2, 0) is 0 Å². The molecule has 2 heterocycles. The van der Waals surface area contributed by atoms with E-state index in [9.17, 15) is 28.1 Å². The lowest BCUT2D eigenvalue weighted by atomic mass is 9.78. The van der Waals surface area contributed by atoms with Gasteiger partial charge >= 0.3 is 6.18 Å². The predicted molar refractivity (Wildman–Crippen MR) is 89.7 cm³/mol. The normalized spacial score (nSPS) is 19.3. The van der Waals surface area contributed by atoms with Gasteiger partial charge in [0.2, 0.25) is 0 Å². The van der Waals surface area contributed by atoms with Crippen LogP contribution in [0.4, 0.5) is 18.9 Å². The molecule has 27 heavy (non-hydrogen) atoms. The summed E-state index contributed by atoms with van der Waals surface area (Å²) in [6.45, 7) is 1.24. The number of carbonyl (C=O) groups excluding carboxylic acids is 1. The highest BCUT2D eigenvalue weighted by molar-refractivity contribution is 5.98. The van der Waals surface area contributed by atoms with E-state index in [2.05, 4.69) is 10.1 Å². The highest BCUT2D eigenvalue weighted by atomic mass is 19.4. The number of alkyl halides is 3. The van der Waals surface area contributed by atoms with Gasteiger partial charge in [-0.05, 0) is 43.4 Å². The zero-order chi connectivity index (χ0) is 19.7. The summed E-state index contributed by atoms with van der Waals surface area (Å²) in [4.78, 5) is 24.9. The van der Waals surface area contributed by atoms with Gasteiger partial charge in [-0.25, -0.2) is 0 Å². The van der Waals surface area contributed by atoms with Gasteiger partial charge in [0.05, 0.1) is 4.92 Å². The van der Waals surface area contributed by atoms with Crippen LogP contribution in [0.15, 0.2) is 18.2 Å². The molecule has 2 aliphatic rings. The van der Waals surface area contributed by atoms with Crippen molar-refractivity contribution in [3.8, 4) is 5.75 Å². The molecule has 10 heteroatoms. The third-order valence-corrected chi connectivity index (χ3v) is 5.24. The number of amides is 1. The van der Waals surface area contributed by atoms with Gasteiger partial charge in [0.1, 0.15) is 11.3 Å². The number of nitrogens with zero attached hydrogens (tertiary/aromatic N) is 2. The van der Waals surface area contributed by atoms with E-state index in [1.807, 2.05) is 0 Å². The molecule has 1 amide bonds. The van der Waals surface area contributed by atoms with Gasteiger partial charge < -0.3 is 15.0 Å². The fourth-order valence-corrected chi connectivity index (χ4v) is 3.68. The molecule has 0 aliphatic carbocycles. The summed E-state index contributed by atoms with van der Waals surface area (Å²) in [6.07, 6.45) is -1.91. The van der Waals surface area contributed by atoms with Crippen molar-refractivity contribution in [2.24, 2.45) is 5.41 Å². The molecule has 0 radical (unpaired) electrons. The summed E-state index contributed by atoms with van der Waals surface area (Å²) in [5.41, 5.74) is -0.525. The van der Waals surface area contributed by atoms with Crippen LogP contribution in [0.1, 0.15) is 29.6 Å². The van der Waals surface area contributed by atoms with Crippen molar-refractivity contribution in [1.29, 1.82) is 0 Å². The summed E-state index contributed by atoms with van der Waals surface area (Å²) >= 11 is 0. The largest absolute Gasteiger partial charge is 0.484 e. The van der Waals surface area contributed by atoms with Crippen molar-refractivity contribution in [3.05, 3.63) is 33.9 Å². The number of rotatable bonds is 4. The minimum absolute atomic E-state index is 0.167. The van der Waals surface area contributed by atoms with E-state index in [1.165, 1.54) is 4.90 Å². The number of hydrogen-bond donors (Lipinski definition) is 1. The smallest absolute Gasteiger partial charge is 0.422 e. The Morgan fingerprint density at radius 2 is 2.00 bits per heavy atom. The Kier molecular flexibility index (Phi) is 5.27. The Hall–Kier alpha value is -2.36. The number of likely N-dealkylation sites (tertiary alicyclic amines) is 1. The Bertz CT molecular complexity index is 723. The second-order valence-electron chi connectivity index (χ2n) is 7.06. The van der Waals surface area contributed by atoms with E-state index in [0.717, 1.165) is 50.6 Å². The van der Waals surface area contributed by atoms with E-state index in [1.54, 1.807) is 0 Å². The minimum atomic E-state index is -4.54. The first-order valence-electron chi connectivity index (χ1n) is 8.67. The van der Waals surface area contributed by atoms with Gasteiger partial charge in [0.15, 0.2) is 6.61 Å². The molecule has 0 aromatic heterocycles. The SMILES string of the molecule is O=C(c1cc(OCC(F)(F)F)ccc1[N+](=O)[O-])N1CCC2(CCNC2)CC1. The quantitative estimate of drug-likeness (QED) is 0.634. The van der Waals surface area contributed by atoms with E-state index >= 15 is 0 Å². The first-order valence-corrected chi connectivity index (χ1v) is 8.67. The fraction of sp³-hybridized carbons (Fsp3) is 0.588. The summed E-state index contributed by atoms with van der Waals surface area (Å²) in [6, 6.07) is 3.09. The number of nitrogens with one attached hydrogen (secondary N) is 1. The van der Waals surface area contributed by atoms with Crippen molar-refractivity contribution in [2.75, 3.05) is 32.8 Å². The topological polar surface area (TPSA) is 84.7 Å². The van der Waals surface area contributed by atoms with Crippen molar-refractivity contribution in [3.63, 3.8) is 0 Å². The Morgan fingerprint density at radius 1 is 1.30 bits per heavy atom. The average Bonchev–Trinajstić information content (AvgIpc) is 3.07. The van der Waals surface area contributed by atoms with Crippen LogP contribution in [0.5, 0.6) is 5.75 Å². The van der Waals surface area contributed by atoms with Crippen LogP contribution in [0, 0.1) is 15.5 Å². The number of carbonyl (C=O) groups is 1. The lowest BCUT2D eigenvalue weighted by Crippen LogP contribution is -2.44. The summed E-state index contributed by atoms with van der Waals surface area (Å²) in [5, 5.41) is 14.6. The minimum Gasteiger partial charge on any atom is -0.484 e. The molecule has 0 bridgehead atoms. The Morgan fingerprint density at radius 3 is 2.56 bits per heavy atom. The number of benzene rings is 1. The summed E-state index contributed by atoms with van der Waals surface area (Å²) < 4.78 is 41.6. The van der Waals surface area contributed by atoms with Gasteiger partial charge in [0.25, 0.3) is 11.6 Å². The zero-order valence-corrected chi connectivity index (χ0v) is 14.6. The van der Waals surface area contributed by atoms with Gasteiger partial charge in [0, 0.05) is 25.7 Å². The maximum absolute atomic E-state index is 12.8. The summed E-state index contributed by atoms with van der Waals surface area (Å²) in [5.74, 6) is -0.783. The van der Waals surface area contributed by atoms with Crippen molar-refractivity contribution in [1.82, 2.24) is 10.2 Å². The standard InChI is InChI=1S/C17H20F3N3O4/c18-17(19,20)11-27-12-1-2-14(23(25)26)13(9-12)15(24)22-7-4-16(5-8-22)3-6-21-10-16/h1-2,9,21H,3-8,10-11H2. The molecule has 2 saturated heterocycles. The van der Waals surface area contributed by atoms with E-state index < -0.39 is 29.3 Å². The van der Waals surface area contributed by atoms with Crippen LogP contribution in [-0.4, -0.2) is 54.7 Å².